The number of rotatable bonds is 5. The maximum atomic E-state index is 12.5. The molecule has 2 amide bonds. The number of carbonyl (C=O) groups excluding carboxylic acids is 2. The fourth-order valence-electron chi connectivity index (χ4n) is 2.81. The van der Waals surface area contributed by atoms with E-state index in [4.69, 9.17) is 0 Å². The van der Waals surface area contributed by atoms with Gasteiger partial charge in [0.2, 0.25) is 5.91 Å². The Kier molecular flexibility index (Phi) is 4.68. The van der Waals surface area contributed by atoms with E-state index < -0.39 is 0 Å². The van der Waals surface area contributed by atoms with Crippen LogP contribution in [0, 0.1) is 11.8 Å². The number of benzene rings is 1. The number of hydrogen-bond donors (Lipinski definition) is 2. The number of anilines is 2. The van der Waals surface area contributed by atoms with Crippen LogP contribution in [-0.2, 0) is 4.79 Å². The molecule has 6 nitrogen and oxygen atoms in total. The van der Waals surface area contributed by atoms with E-state index in [-0.39, 0.29) is 17.7 Å². The molecule has 1 aromatic carbocycles. The molecule has 0 radical (unpaired) electrons. The van der Waals surface area contributed by atoms with Gasteiger partial charge in [-0.2, -0.15) is 0 Å². The molecule has 2 heterocycles. The van der Waals surface area contributed by atoms with Crippen LogP contribution in [0.1, 0.15) is 23.7 Å². The second kappa shape index (κ2) is 7.28. The van der Waals surface area contributed by atoms with Gasteiger partial charge in [0.25, 0.3) is 5.91 Å². The van der Waals surface area contributed by atoms with Gasteiger partial charge >= 0.3 is 0 Å². The number of hydrogen-bond acceptors (Lipinski definition) is 5. The summed E-state index contributed by atoms with van der Waals surface area (Å²) in [4.78, 5) is 33.1. The zero-order chi connectivity index (χ0) is 18.8. The minimum atomic E-state index is -0.266. The molecule has 2 aromatic heterocycles. The molecule has 1 fully saturated rings. The van der Waals surface area contributed by atoms with Crippen LogP contribution in [0.4, 0.5) is 10.8 Å². The summed E-state index contributed by atoms with van der Waals surface area (Å²) in [5.74, 6) is 0.276. The third-order valence-corrected chi connectivity index (χ3v) is 5.28. The minimum absolute atomic E-state index is 0.0149. The van der Waals surface area contributed by atoms with E-state index >= 15 is 0 Å². The average molecular weight is 378 g/mol. The van der Waals surface area contributed by atoms with Gasteiger partial charge in [-0.3, -0.25) is 19.9 Å². The van der Waals surface area contributed by atoms with Crippen LogP contribution in [-0.4, -0.2) is 21.8 Å². The van der Waals surface area contributed by atoms with E-state index in [1.165, 1.54) is 11.3 Å². The summed E-state index contributed by atoms with van der Waals surface area (Å²) < 4.78 is 0. The van der Waals surface area contributed by atoms with Crippen LogP contribution in [0.15, 0.2) is 54.2 Å². The van der Waals surface area contributed by atoms with Crippen molar-refractivity contribution < 1.29 is 9.59 Å². The molecule has 136 valence electrons. The van der Waals surface area contributed by atoms with E-state index in [9.17, 15) is 9.59 Å². The first-order valence-electron chi connectivity index (χ1n) is 8.68. The number of aromatic nitrogens is 2. The van der Waals surface area contributed by atoms with Crippen molar-refractivity contribution in [1.29, 1.82) is 0 Å². The predicted octanol–water partition coefficient (Wildman–Crippen LogP) is 4.05. The van der Waals surface area contributed by atoms with Crippen molar-refractivity contribution in [3.05, 3.63) is 59.7 Å². The Morgan fingerprint density at radius 3 is 2.78 bits per heavy atom. The third-order valence-electron chi connectivity index (χ3n) is 4.52. The number of nitrogens with one attached hydrogen (secondary N) is 2. The van der Waals surface area contributed by atoms with Crippen LogP contribution in [0.25, 0.3) is 11.3 Å². The molecule has 0 unspecified atom stereocenters. The SMILES string of the molecule is C[C@@H]1C[C@H]1C(=O)Nc1cccc(C(=O)Nc2nc(-c3cccnc3)cs2)c1. The Hall–Kier alpha value is -3.06. The second-order valence-electron chi connectivity index (χ2n) is 6.62. The molecule has 0 bridgehead atoms. The van der Waals surface area contributed by atoms with Gasteiger partial charge in [0, 0.05) is 40.5 Å². The van der Waals surface area contributed by atoms with E-state index in [0.717, 1.165) is 17.7 Å². The zero-order valence-corrected chi connectivity index (χ0v) is 15.5. The Morgan fingerprint density at radius 1 is 1.19 bits per heavy atom. The van der Waals surface area contributed by atoms with Gasteiger partial charge in [-0.25, -0.2) is 4.98 Å². The molecule has 1 aliphatic rings. The standard InChI is InChI=1S/C20H18N4O2S/c1-12-8-16(12)19(26)22-15-6-2-4-13(9-15)18(25)24-20-23-17(11-27-20)14-5-3-7-21-10-14/h2-7,9-12,16H,8H2,1H3,(H,22,26)(H,23,24,25)/t12-,16-/m1/s1. The van der Waals surface area contributed by atoms with Crippen LogP contribution >= 0.6 is 11.3 Å². The monoisotopic (exact) mass is 378 g/mol. The summed E-state index contributed by atoms with van der Waals surface area (Å²) in [7, 11) is 0. The van der Waals surface area contributed by atoms with Crippen LogP contribution in [0.5, 0.6) is 0 Å². The topological polar surface area (TPSA) is 84.0 Å². The summed E-state index contributed by atoms with van der Waals surface area (Å²) in [5.41, 5.74) is 2.76. The van der Waals surface area contributed by atoms with Crippen molar-refractivity contribution in [1.82, 2.24) is 9.97 Å². The lowest BCUT2D eigenvalue weighted by atomic mass is 10.2. The quantitative estimate of drug-likeness (QED) is 0.701. The Bertz CT molecular complexity index is 986. The molecule has 0 spiro atoms. The molecule has 4 rings (SSSR count). The van der Waals surface area contributed by atoms with Crippen molar-refractivity contribution in [2.45, 2.75) is 13.3 Å². The number of nitrogens with zero attached hydrogens (tertiary/aromatic N) is 2. The van der Waals surface area contributed by atoms with Crippen molar-refractivity contribution >= 4 is 34.0 Å². The second-order valence-corrected chi connectivity index (χ2v) is 7.48. The van der Waals surface area contributed by atoms with Gasteiger partial charge in [0.15, 0.2) is 5.13 Å². The van der Waals surface area contributed by atoms with Gasteiger partial charge in [0.05, 0.1) is 5.69 Å². The van der Waals surface area contributed by atoms with Gasteiger partial charge in [0.1, 0.15) is 0 Å². The molecule has 0 aliphatic heterocycles. The van der Waals surface area contributed by atoms with E-state index in [1.54, 1.807) is 36.7 Å². The van der Waals surface area contributed by atoms with E-state index in [0.29, 0.717) is 22.3 Å². The molecular weight excluding hydrogens is 360 g/mol. The first-order chi connectivity index (χ1) is 13.1. The number of amides is 2. The highest BCUT2D eigenvalue weighted by molar-refractivity contribution is 7.14. The highest BCUT2D eigenvalue weighted by Crippen LogP contribution is 2.38. The lowest BCUT2D eigenvalue weighted by molar-refractivity contribution is -0.117. The van der Waals surface area contributed by atoms with Crippen molar-refractivity contribution in [2.24, 2.45) is 11.8 Å². The van der Waals surface area contributed by atoms with Gasteiger partial charge in [-0.1, -0.05) is 13.0 Å². The maximum absolute atomic E-state index is 12.5. The van der Waals surface area contributed by atoms with E-state index in [1.807, 2.05) is 17.5 Å². The molecule has 0 saturated heterocycles. The summed E-state index contributed by atoms with van der Waals surface area (Å²) in [6, 6.07) is 10.7. The minimum Gasteiger partial charge on any atom is -0.326 e. The highest BCUT2D eigenvalue weighted by Gasteiger charge is 2.39. The molecule has 7 heteroatoms. The normalized spacial score (nSPS) is 18.0. The molecular formula is C20H18N4O2S. The lowest BCUT2D eigenvalue weighted by Crippen LogP contribution is -2.16. The van der Waals surface area contributed by atoms with Gasteiger partial charge in [-0.05, 0) is 42.7 Å². The summed E-state index contributed by atoms with van der Waals surface area (Å²) in [5, 5.41) is 8.08. The van der Waals surface area contributed by atoms with Crippen LogP contribution in [0.3, 0.4) is 0 Å². The largest absolute Gasteiger partial charge is 0.326 e. The Morgan fingerprint density at radius 2 is 2.04 bits per heavy atom. The molecule has 3 aromatic rings. The summed E-state index contributed by atoms with van der Waals surface area (Å²) in [6.07, 6.45) is 4.36. The molecule has 1 saturated carbocycles. The van der Waals surface area contributed by atoms with Crippen molar-refractivity contribution in [2.75, 3.05) is 10.6 Å². The smallest absolute Gasteiger partial charge is 0.257 e. The number of pyridine rings is 1. The van der Waals surface area contributed by atoms with Crippen LogP contribution < -0.4 is 10.6 Å². The third kappa shape index (κ3) is 4.03. The zero-order valence-electron chi connectivity index (χ0n) is 14.7. The van der Waals surface area contributed by atoms with Gasteiger partial charge in [-0.15, -0.1) is 11.3 Å². The highest BCUT2D eigenvalue weighted by atomic mass is 32.1. The van der Waals surface area contributed by atoms with Crippen molar-refractivity contribution in [3.8, 4) is 11.3 Å². The molecule has 1 aliphatic carbocycles. The Balaban J connectivity index is 1.43. The van der Waals surface area contributed by atoms with E-state index in [2.05, 4.69) is 27.5 Å². The average Bonchev–Trinajstić information content (AvgIpc) is 3.24. The molecule has 2 N–H and O–H groups in total. The molecule has 27 heavy (non-hydrogen) atoms. The Labute approximate surface area is 160 Å². The number of thiazole rings is 1. The predicted molar refractivity (Wildman–Crippen MR) is 106 cm³/mol. The fourth-order valence-corrected chi connectivity index (χ4v) is 3.52. The molecule has 2 atom stereocenters. The van der Waals surface area contributed by atoms with Crippen molar-refractivity contribution in [3.63, 3.8) is 0 Å². The van der Waals surface area contributed by atoms with Crippen LogP contribution in [0.2, 0.25) is 0 Å². The van der Waals surface area contributed by atoms with Gasteiger partial charge < -0.3 is 5.32 Å². The fraction of sp³-hybridized carbons (Fsp3) is 0.200. The first kappa shape index (κ1) is 17.4. The summed E-state index contributed by atoms with van der Waals surface area (Å²) in [6.45, 7) is 2.06. The first-order valence-corrected chi connectivity index (χ1v) is 9.56. The maximum Gasteiger partial charge on any atom is 0.257 e. The summed E-state index contributed by atoms with van der Waals surface area (Å²) >= 11 is 1.35. The lowest BCUT2D eigenvalue weighted by Gasteiger charge is -2.07. The number of carbonyl (C=O) groups is 2.